The van der Waals surface area contributed by atoms with E-state index in [1.807, 2.05) is 36.4 Å². The third-order valence-electron chi connectivity index (χ3n) is 3.32. The molecule has 0 atom stereocenters. The summed E-state index contributed by atoms with van der Waals surface area (Å²) in [6, 6.07) is 19.8. The number of amides is 1. The standard InChI is InChI=1S/C19H15ClN4O/c20-17-9-2-1-8-16(17)19(25)23-15-7-5-6-14(12-15)13-22-24-18-10-3-4-11-21-18/h1-13H,(H,21,24)(H,23,25)/b22-13-. The van der Waals surface area contributed by atoms with Crippen molar-refractivity contribution in [2.75, 3.05) is 10.7 Å². The fraction of sp³-hybridized carbons (Fsp3) is 0. The van der Waals surface area contributed by atoms with Crippen molar-refractivity contribution in [2.24, 2.45) is 5.10 Å². The number of hydrazone groups is 1. The molecular formula is C19H15ClN4O. The van der Waals surface area contributed by atoms with Gasteiger partial charge < -0.3 is 5.32 Å². The monoisotopic (exact) mass is 350 g/mol. The van der Waals surface area contributed by atoms with Gasteiger partial charge in [-0.1, -0.05) is 41.9 Å². The smallest absolute Gasteiger partial charge is 0.257 e. The molecule has 1 amide bonds. The van der Waals surface area contributed by atoms with Crippen LogP contribution in [0.4, 0.5) is 11.5 Å². The van der Waals surface area contributed by atoms with E-state index in [0.29, 0.717) is 22.1 Å². The molecule has 0 bridgehead atoms. The molecule has 3 aromatic rings. The summed E-state index contributed by atoms with van der Waals surface area (Å²) in [5.74, 6) is 0.397. The lowest BCUT2D eigenvalue weighted by atomic mass is 10.2. The summed E-state index contributed by atoms with van der Waals surface area (Å²) in [5.41, 5.74) is 4.76. The molecule has 1 aromatic heterocycles. The predicted molar refractivity (Wildman–Crippen MR) is 101 cm³/mol. The SMILES string of the molecule is O=C(Nc1cccc(/C=N\Nc2ccccn2)c1)c1ccccc1Cl. The fourth-order valence-electron chi connectivity index (χ4n) is 2.14. The molecule has 6 heteroatoms. The van der Waals surface area contributed by atoms with Crippen molar-refractivity contribution in [1.29, 1.82) is 0 Å². The minimum Gasteiger partial charge on any atom is -0.322 e. The lowest BCUT2D eigenvalue weighted by molar-refractivity contribution is 0.102. The van der Waals surface area contributed by atoms with E-state index >= 15 is 0 Å². The Morgan fingerprint density at radius 3 is 2.68 bits per heavy atom. The zero-order chi connectivity index (χ0) is 17.5. The van der Waals surface area contributed by atoms with Crippen LogP contribution in [0.3, 0.4) is 0 Å². The minimum atomic E-state index is -0.258. The highest BCUT2D eigenvalue weighted by atomic mass is 35.5. The highest BCUT2D eigenvalue weighted by molar-refractivity contribution is 6.34. The van der Waals surface area contributed by atoms with Gasteiger partial charge in [0.15, 0.2) is 0 Å². The van der Waals surface area contributed by atoms with E-state index in [4.69, 9.17) is 11.6 Å². The second-order valence-electron chi connectivity index (χ2n) is 5.14. The maximum absolute atomic E-state index is 12.3. The molecule has 2 aromatic carbocycles. The van der Waals surface area contributed by atoms with Crippen LogP contribution in [0.2, 0.25) is 5.02 Å². The number of aromatic nitrogens is 1. The fourth-order valence-corrected chi connectivity index (χ4v) is 2.36. The Hall–Kier alpha value is -3.18. The number of hydrogen-bond acceptors (Lipinski definition) is 4. The molecule has 0 fully saturated rings. The highest BCUT2D eigenvalue weighted by Crippen LogP contribution is 2.17. The number of anilines is 2. The third kappa shape index (κ3) is 4.65. The van der Waals surface area contributed by atoms with Gasteiger partial charge in [-0.25, -0.2) is 4.98 Å². The Balaban J connectivity index is 1.67. The average Bonchev–Trinajstić information content (AvgIpc) is 2.63. The van der Waals surface area contributed by atoms with Crippen LogP contribution in [0.1, 0.15) is 15.9 Å². The van der Waals surface area contributed by atoms with Crippen molar-refractivity contribution in [2.45, 2.75) is 0 Å². The van der Waals surface area contributed by atoms with Gasteiger partial charge in [0.25, 0.3) is 5.91 Å². The predicted octanol–water partition coefficient (Wildman–Crippen LogP) is 4.43. The second kappa shape index (κ2) is 8.08. The summed E-state index contributed by atoms with van der Waals surface area (Å²) in [6.45, 7) is 0. The third-order valence-corrected chi connectivity index (χ3v) is 3.65. The Labute approximate surface area is 150 Å². The topological polar surface area (TPSA) is 66.4 Å². The van der Waals surface area contributed by atoms with Gasteiger partial charge in [0.05, 0.1) is 16.8 Å². The number of carbonyl (C=O) groups is 1. The number of carbonyl (C=O) groups excluding carboxylic acids is 1. The van der Waals surface area contributed by atoms with Gasteiger partial charge in [-0.3, -0.25) is 10.2 Å². The molecule has 2 N–H and O–H groups in total. The Morgan fingerprint density at radius 2 is 1.88 bits per heavy atom. The molecule has 25 heavy (non-hydrogen) atoms. The minimum absolute atomic E-state index is 0.258. The van der Waals surface area contributed by atoms with Crippen LogP contribution < -0.4 is 10.7 Å². The van der Waals surface area contributed by atoms with Crippen molar-refractivity contribution in [3.63, 3.8) is 0 Å². The van der Waals surface area contributed by atoms with Gasteiger partial charge in [-0.05, 0) is 42.0 Å². The number of halogens is 1. The second-order valence-corrected chi connectivity index (χ2v) is 5.55. The number of rotatable bonds is 5. The van der Waals surface area contributed by atoms with Crippen molar-refractivity contribution in [3.05, 3.63) is 89.1 Å². The molecule has 0 saturated heterocycles. The lowest BCUT2D eigenvalue weighted by Gasteiger charge is -2.07. The maximum atomic E-state index is 12.3. The van der Waals surface area contributed by atoms with Crippen LogP contribution in [0.25, 0.3) is 0 Å². The summed E-state index contributed by atoms with van der Waals surface area (Å²) in [7, 11) is 0. The zero-order valence-corrected chi connectivity index (χ0v) is 13.9. The Kier molecular flexibility index (Phi) is 5.39. The first kappa shape index (κ1) is 16.7. The summed E-state index contributed by atoms with van der Waals surface area (Å²) >= 11 is 6.05. The quantitative estimate of drug-likeness (QED) is 0.528. The van der Waals surface area contributed by atoms with Gasteiger partial charge in [0, 0.05) is 11.9 Å². The first-order valence-electron chi connectivity index (χ1n) is 7.58. The van der Waals surface area contributed by atoms with Crippen LogP contribution in [-0.2, 0) is 0 Å². The molecule has 0 aliphatic rings. The first-order chi connectivity index (χ1) is 12.2. The van der Waals surface area contributed by atoms with Crippen molar-refractivity contribution < 1.29 is 4.79 Å². The van der Waals surface area contributed by atoms with Crippen LogP contribution in [0, 0.1) is 0 Å². The van der Waals surface area contributed by atoms with E-state index < -0.39 is 0 Å². The van der Waals surface area contributed by atoms with Gasteiger partial charge in [-0.15, -0.1) is 0 Å². The molecule has 124 valence electrons. The molecule has 0 aliphatic heterocycles. The molecule has 0 saturated carbocycles. The molecular weight excluding hydrogens is 336 g/mol. The van der Waals surface area contributed by atoms with E-state index in [1.54, 1.807) is 42.7 Å². The molecule has 0 aliphatic carbocycles. The van der Waals surface area contributed by atoms with Crippen LogP contribution >= 0.6 is 11.6 Å². The van der Waals surface area contributed by atoms with Crippen molar-refractivity contribution >= 4 is 35.2 Å². The number of hydrogen-bond donors (Lipinski definition) is 2. The molecule has 1 heterocycles. The number of nitrogens with zero attached hydrogens (tertiary/aromatic N) is 2. The van der Waals surface area contributed by atoms with E-state index in [-0.39, 0.29) is 5.91 Å². The number of nitrogens with one attached hydrogen (secondary N) is 2. The largest absolute Gasteiger partial charge is 0.322 e. The van der Waals surface area contributed by atoms with Gasteiger partial charge in [-0.2, -0.15) is 5.10 Å². The molecule has 5 nitrogen and oxygen atoms in total. The molecule has 0 unspecified atom stereocenters. The van der Waals surface area contributed by atoms with E-state index in [1.165, 1.54) is 0 Å². The van der Waals surface area contributed by atoms with Crippen LogP contribution in [-0.4, -0.2) is 17.1 Å². The molecule has 0 radical (unpaired) electrons. The van der Waals surface area contributed by atoms with E-state index in [9.17, 15) is 4.79 Å². The van der Waals surface area contributed by atoms with Crippen molar-refractivity contribution in [1.82, 2.24) is 4.98 Å². The zero-order valence-electron chi connectivity index (χ0n) is 13.2. The highest BCUT2D eigenvalue weighted by Gasteiger charge is 2.09. The van der Waals surface area contributed by atoms with Crippen molar-refractivity contribution in [3.8, 4) is 0 Å². The molecule has 0 spiro atoms. The summed E-state index contributed by atoms with van der Waals surface area (Å²) in [4.78, 5) is 16.4. The van der Waals surface area contributed by atoms with E-state index in [0.717, 1.165) is 5.56 Å². The summed E-state index contributed by atoms with van der Waals surface area (Å²) in [5, 5.41) is 7.38. The normalized spacial score (nSPS) is 10.6. The van der Waals surface area contributed by atoms with Crippen LogP contribution in [0.5, 0.6) is 0 Å². The first-order valence-corrected chi connectivity index (χ1v) is 7.96. The van der Waals surface area contributed by atoms with Gasteiger partial charge in [0.2, 0.25) is 0 Å². The van der Waals surface area contributed by atoms with E-state index in [2.05, 4.69) is 20.8 Å². The maximum Gasteiger partial charge on any atom is 0.257 e. The number of pyridine rings is 1. The number of benzene rings is 2. The van der Waals surface area contributed by atoms with Gasteiger partial charge in [0.1, 0.15) is 5.82 Å². The summed E-state index contributed by atoms with van der Waals surface area (Å²) < 4.78 is 0. The average molecular weight is 351 g/mol. The summed E-state index contributed by atoms with van der Waals surface area (Å²) in [6.07, 6.45) is 3.34. The van der Waals surface area contributed by atoms with Crippen LogP contribution in [0.15, 0.2) is 78.0 Å². The Bertz CT molecular complexity index is 897. The van der Waals surface area contributed by atoms with Gasteiger partial charge >= 0.3 is 0 Å². The molecule has 3 rings (SSSR count). The Morgan fingerprint density at radius 1 is 1.04 bits per heavy atom. The lowest BCUT2D eigenvalue weighted by Crippen LogP contribution is -2.12.